The van der Waals surface area contributed by atoms with Crippen molar-refractivity contribution < 1.29 is 22.4 Å². The smallest absolute Gasteiger partial charge is 0.336 e. The van der Waals surface area contributed by atoms with E-state index in [1.807, 2.05) is 37.1 Å². The minimum Gasteiger partial charge on any atom is -0.336 e. The first kappa shape index (κ1) is 26.5. The van der Waals surface area contributed by atoms with Gasteiger partial charge in [-0.15, -0.1) is 0 Å². The Bertz CT molecular complexity index is 1260. The summed E-state index contributed by atoms with van der Waals surface area (Å²) in [6, 6.07) is 15.4. The minimum absolute atomic E-state index is 0.114. The molecular weight excluding hydrogens is 515 g/mol. The predicted octanol–water partition coefficient (Wildman–Crippen LogP) is 7.20. The summed E-state index contributed by atoms with van der Waals surface area (Å²) in [5, 5.41) is 0.805. The van der Waals surface area contributed by atoms with Crippen molar-refractivity contribution in [1.29, 1.82) is 0 Å². The van der Waals surface area contributed by atoms with Crippen LogP contribution in [0.4, 0.5) is 17.6 Å². The molecule has 1 aliphatic rings. The van der Waals surface area contributed by atoms with Crippen LogP contribution in [0, 0.1) is 12.7 Å². The SMILES string of the molecule is Cc1ccc(C(=O)N2C[C@H](c3ccc(Cl)c(Cl)c3)[C@H](N(C)Cc3ccc(C(F)(F)F)c(F)c3)C2)cc1. The van der Waals surface area contributed by atoms with Crippen LogP contribution in [-0.2, 0) is 12.7 Å². The lowest BCUT2D eigenvalue weighted by molar-refractivity contribution is -0.140. The molecule has 0 unspecified atom stereocenters. The van der Waals surface area contributed by atoms with Crippen molar-refractivity contribution in [2.45, 2.75) is 31.6 Å². The third-order valence-electron chi connectivity index (χ3n) is 6.58. The molecule has 190 valence electrons. The molecule has 2 atom stereocenters. The lowest BCUT2D eigenvalue weighted by Crippen LogP contribution is -2.38. The van der Waals surface area contributed by atoms with Crippen molar-refractivity contribution >= 4 is 29.1 Å². The second kappa shape index (κ2) is 10.4. The number of amides is 1. The molecule has 4 rings (SSSR count). The van der Waals surface area contributed by atoms with Crippen molar-refractivity contribution in [3.8, 4) is 0 Å². The van der Waals surface area contributed by atoms with Crippen molar-refractivity contribution in [3.05, 3.63) is 104 Å². The van der Waals surface area contributed by atoms with E-state index in [0.717, 1.165) is 23.3 Å². The highest BCUT2D eigenvalue weighted by molar-refractivity contribution is 6.42. The van der Waals surface area contributed by atoms with E-state index in [4.69, 9.17) is 23.2 Å². The Morgan fingerprint density at radius 1 is 1.00 bits per heavy atom. The normalized spacial score (nSPS) is 18.2. The zero-order chi connectivity index (χ0) is 26.2. The molecule has 0 radical (unpaired) electrons. The van der Waals surface area contributed by atoms with E-state index in [1.54, 1.807) is 29.2 Å². The van der Waals surface area contributed by atoms with E-state index in [0.29, 0.717) is 34.3 Å². The molecule has 3 nitrogen and oxygen atoms in total. The molecule has 1 amide bonds. The molecule has 0 aliphatic carbocycles. The Balaban J connectivity index is 1.61. The standard InChI is InChI=1S/C27H24Cl2F4N2O/c1-16-3-6-18(7-4-16)26(36)35-14-20(19-8-10-22(28)23(29)12-19)25(15-35)34(2)13-17-5-9-21(24(30)11-17)27(31,32)33/h3-12,20,25H,13-15H2,1-2H3/t20-,25-/m1/s1. The molecule has 1 fully saturated rings. The van der Waals surface area contributed by atoms with Gasteiger partial charge < -0.3 is 4.90 Å². The maximum absolute atomic E-state index is 14.2. The van der Waals surface area contributed by atoms with Gasteiger partial charge >= 0.3 is 6.18 Å². The first-order valence-corrected chi connectivity index (χ1v) is 12.1. The number of likely N-dealkylation sites (N-methyl/N-ethyl adjacent to an activating group) is 1. The molecule has 1 saturated heterocycles. The molecule has 0 N–H and O–H groups in total. The molecule has 0 aromatic heterocycles. The Hall–Kier alpha value is -2.61. The molecular formula is C27H24Cl2F4N2O. The quantitative estimate of drug-likeness (QED) is 0.320. The fraction of sp³-hybridized carbons (Fsp3) is 0.296. The summed E-state index contributed by atoms with van der Waals surface area (Å²) in [5.74, 6) is -1.56. The zero-order valence-corrected chi connectivity index (χ0v) is 21.1. The van der Waals surface area contributed by atoms with Gasteiger partial charge in [0.15, 0.2) is 0 Å². The van der Waals surface area contributed by atoms with Crippen LogP contribution >= 0.6 is 23.2 Å². The van der Waals surface area contributed by atoms with E-state index >= 15 is 0 Å². The Labute approximate surface area is 217 Å². The summed E-state index contributed by atoms with van der Waals surface area (Å²) in [4.78, 5) is 16.9. The van der Waals surface area contributed by atoms with Gasteiger partial charge in [0.1, 0.15) is 5.82 Å². The molecule has 0 bridgehead atoms. The molecule has 1 heterocycles. The van der Waals surface area contributed by atoms with Crippen LogP contribution in [-0.4, -0.2) is 41.9 Å². The monoisotopic (exact) mass is 538 g/mol. The van der Waals surface area contributed by atoms with Gasteiger partial charge in [0, 0.05) is 37.2 Å². The molecule has 3 aromatic carbocycles. The number of halogens is 6. The summed E-state index contributed by atoms with van der Waals surface area (Å²) in [7, 11) is 1.81. The lowest BCUT2D eigenvalue weighted by Gasteiger charge is -2.29. The topological polar surface area (TPSA) is 23.6 Å². The van der Waals surface area contributed by atoms with Gasteiger partial charge in [0.2, 0.25) is 0 Å². The maximum Gasteiger partial charge on any atom is 0.419 e. The fourth-order valence-electron chi connectivity index (χ4n) is 4.64. The first-order valence-electron chi connectivity index (χ1n) is 11.3. The third-order valence-corrected chi connectivity index (χ3v) is 7.32. The second-order valence-electron chi connectivity index (χ2n) is 9.15. The van der Waals surface area contributed by atoms with Gasteiger partial charge in [-0.1, -0.05) is 53.0 Å². The van der Waals surface area contributed by atoms with E-state index < -0.39 is 17.6 Å². The van der Waals surface area contributed by atoms with E-state index in [1.165, 1.54) is 6.07 Å². The number of aryl methyl sites for hydroxylation is 1. The average Bonchev–Trinajstić information content (AvgIpc) is 3.26. The van der Waals surface area contributed by atoms with Crippen LogP contribution in [0.1, 0.15) is 38.5 Å². The van der Waals surface area contributed by atoms with Crippen molar-refractivity contribution in [3.63, 3.8) is 0 Å². The number of hydrogen-bond acceptors (Lipinski definition) is 2. The Morgan fingerprint density at radius 2 is 1.69 bits per heavy atom. The molecule has 0 spiro atoms. The second-order valence-corrected chi connectivity index (χ2v) is 9.97. The lowest BCUT2D eigenvalue weighted by atomic mass is 9.93. The highest BCUT2D eigenvalue weighted by Crippen LogP contribution is 2.36. The van der Waals surface area contributed by atoms with Crippen molar-refractivity contribution in [2.24, 2.45) is 0 Å². The number of nitrogens with zero attached hydrogens (tertiary/aromatic N) is 2. The van der Waals surface area contributed by atoms with Gasteiger partial charge in [-0.25, -0.2) is 4.39 Å². The largest absolute Gasteiger partial charge is 0.419 e. The van der Waals surface area contributed by atoms with Gasteiger partial charge in [0.25, 0.3) is 5.91 Å². The van der Waals surface area contributed by atoms with Crippen LogP contribution in [0.5, 0.6) is 0 Å². The molecule has 1 aliphatic heterocycles. The summed E-state index contributed by atoms with van der Waals surface area (Å²) in [6.45, 7) is 2.95. The number of hydrogen-bond donors (Lipinski definition) is 0. The summed E-state index contributed by atoms with van der Waals surface area (Å²) < 4.78 is 53.0. The van der Waals surface area contributed by atoms with Gasteiger partial charge in [-0.2, -0.15) is 13.2 Å². The minimum atomic E-state index is -4.75. The van der Waals surface area contributed by atoms with E-state index in [9.17, 15) is 22.4 Å². The number of rotatable bonds is 5. The first-order chi connectivity index (χ1) is 16.9. The molecule has 0 saturated carbocycles. The number of alkyl halides is 3. The maximum atomic E-state index is 14.2. The highest BCUT2D eigenvalue weighted by Gasteiger charge is 2.39. The number of carbonyl (C=O) groups excluding carboxylic acids is 1. The zero-order valence-electron chi connectivity index (χ0n) is 19.6. The highest BCUT2D eigenvalue weighted by atomic mass is 35.5. The molecule has 36 heavy (non-hydrogen) atoms. The Morgan fingerprint density at radius 3 is 2.31 bits per heavy atom. The summed E-state index contributed by atoms with van der Waals surface area (Å²) >= 11 is 12.4. The summed E-state index contributed by atoms with van der Waals surface area (Å²) in [5.41, 5.74) is 1.61. The van der Waals surface area contributed by atoms with Crippen LogP contribution in [0.15, 0.2) is 60.7 Å². The number of likely N-dealkylation sites (tertiary alicyclic amines) is 1. The van der Waals surface area contributed by atoms with Crippen molar-refractivity contribution in [2.75, 3.05) is 20.1 Å². The average molecular weight is 539 g/mol. The molecule has 3 aromatic rings. The summed E-state index contributed by atoms with van der Waals surface area (Å²) in [6.07, 6.45) is -4.75. The predicted molar refractivity (Wildman–Crippen MR) is 133 cm³/mol. The van der Waals surface area contributed by atoms with Crippen molar-refractivity contribution in [1.82, 2.24) is 9.80 Å². The number of benzene rings is 3. The van der Waals surface area contributed by atoms with Gasteiger partial charge in [-0.3, -0.25) is 9.69 Å². The van der Waals surface area contributed by atoms with Crippen LogP contribution in [0.2, 0.25) is 10.0 Å². The third kappa shape index (κ3) is 5.69. The van der Waals surface area contributed by atoms with Crippen LogP contribution in [0.3, 0.4) is 0 Å². The fourth-order valence-corrected chi connectivity index (χ4v) is 4.95. The van der Waals surface area contributed by atoms with Crippen LogP contribution < -0.4 is 0 Å². The van der Waals surface area contributed by atoms with Gasteiger partial charge in [0.05, 0.1) is 15.6 Å². The molecule has 9 heteroatoms. The van der Waals surface area contributed by atoms with E-state index in [2.05, 4.69) is 0 Å². The van der Waals surface area contributed by atoms with Gasteiger partial charge in [-0.05, 0) is 61.5 Å². The number of carbonyl (C=O) groups is 1. The Kier molecular flexibility index (Phi) is 7.64. The van der Waals surface area contributed by atoms with E-state index in [-0.39, 0.29) is 24.4 Å². The van der Waals surface area contributed by atoms with Crippen LogP contribution in [0.25, 0.3) is 0 Å².